The number of unbranched alkanes of at least 4 members (excludes halogenated alkanes) is 1. The number of hydrogen-bond acceptors (Lipinski definition) is 4. The molecule has 2 heterocycles. The molecule has 1 aliphatic rings. The summed E-state index contributed by atoms with van der Waals surface area (Å²) in [4.78, 5) is 7.36. The maximum absolute atomic E-state index is 6.82. The summed E-state index contributed by atoms with van der Waals surface area (Å²) in [7, 11) is 0. The predicted molar refractivity (Wildman–Crippen MR) is 139 cm³/mol. The smallest absolute Gasteiger partial charge is 0.161 e. The molecule has 5 nitrogen and oxygen atoms in total. The molecule has 1 atom stereocenters. The minimum atomic E-state index is 0.251. The molecule has 0 amide bonds. The van der Waals surface area contributed by atoms with Crippen molar-refractivity contribution in [2.24, 2.45) is 0 Å². The van der Waals surface area contributed by atoms with Crippen LogP contribution >= 0.6 is 11.6 Å². The molecule has 2 aromatic carbocycles. The summed E-state index contributed by atoms with van der Waals surface area (Å²) >= 11 is 6.82. The molecule has 3 aromatic rings. The largest absolute Gasteiger partial charge is 0.486 e. The van der Waals surface area contributed by atoms with E-state index in [4.69, 9.17) is 26.1 Å². The van der Waals surface area contributed by atoms with E-state index in [9.17, 15) is 0 Å². The number of fused-ring (bicyclic) bond motifs is 1. The van der Waals surface area contributed by atoms with Crippen LogP contribution in [0.4, 0.5) is 0 Å². The maximum Gasteiger partial charge on any atom is 0.161 e. The molecule has 0 radical (unpaired) electrons. The van der Waals surface area contributed by atoms with Crippen molar-refractivity contribution in [1.29, 1.82) is 0 Å². The molecule has 1 aliphatic heterocycles. The average molecular weight is 482 g/mol. The van der Waals surface area contributed by atoms with Crippen LogP contribution in [0.2, 0.25) is 5.15 Å². The SMILES string of the molecule is CCCCn1c(-c2ccccc2)nc(Cl)c1CN(CCC)C(CC)c1ccc2c(c1)OCCO2. The number of benzene rings is 2. The molecule has 0 N–H and O–H groups in total. The number of halogens is 1. The van der Waals surface area contributed by atoms with E-state index >= 15 is 0 Å². The first-order valence-electron chi connectivity index (χ1n) is 12.6. The molecule has 182 valence electrons. The van der Waals surface area contributed by atoms with Crippen molar-refractivity contribution < 1.29 is 9.47 Å². The summed E-state index contributed by atoms with van der Waals surface area (Å²) in [6.45, 7) is 10.5. The minimum Gasteiger partial charge on any atom is -0.486 e. The molecule has 0 fully saturated rings. The Labute approximate surface area is 208 Å². The van der Waals surface area contributed by atoms with Crippen molar-refractivity contribution in [3.63, 3.8) is 0 Å². The first-order chi connectivity index (χ1) is 16.7. The Morgan fingerprint density at radius 3 is 2.47 bits per heavy atom. The van der Waals surface area contributed by atoms with Crippen molar-refractivity contribution >= 4 is 11.6 Å². The van der Waals surface area contributed by atoms with Crippen molar-refractivity contribution in [3.8, 4) is 22.9 Å². The first-order valence-corrected chi connectivity index (χ1v) is 13.0. The Bertz CT molecular complexity index is 1070. The maximum atomic E-state index is 6.82. The van der Waals surface area contributed by atoms with Crippen LogP contribution in [0, 0.1) is 0 Å². The van der Waals surface area contributed by atoms with Gasteiger partial charge in [0.05, 0.1) is 5.69 Å². The molecular weight excluding hydrogens is 446 g/mol. The Kier molecular flexibility index (Phi) is 8.52. The lowest BCUT2D eigenvalue weighted by molar-refractivity contribution is 0.166. The summed E-state index contributed by atoms with van der Waals surface area (Å²) in [5.41, 5.74) is 3.45. The Morgan fingerprint density at radius 2 is 1.76 bits per heavy atom. The highest BCUT2D eigenvalue weighted by Gasteiger charge is 2.25. The van der Waals surface area contributed by atoms with Gasteiger partial charge < -0.3 is 14.0 Å². The van der Waals surface area contributed by atoms with Crippen molar-refractivity contribution in [3.05, 3.63) is 64.9 Å². The molecule has 0 bridgehead atoms. The third-order valence-electron chi connectivity index (χ3n) is 6.43. The van der Waals surface area contributed by atoms with Crippen LogP contribution in [-0.4, -0.2) is 34.2 Å². The van der Waals surface area contributed by atoms with Crippen molar-refractivity contribution in [2.75, 3.05) is 19.8 Å². The monoisotopic (exact) mass is 481 g/mol. The van der Waals surface area contributed by atoms with E-state index in [0.29, 0.717) is 18.4 Å². The van der Waals surface area contributed by atoms with E-state index in [1.807, 2.05) is 12.1 Å². The van der Waals surface area contributed by atoms with Crippen LogP contribution in [0.3, 0.4) is 0 Å². The second-order valence-electron chi connectivity index (χ2n) is 8.84. The van der Waals surface area contributed by atoms with Gasteiger partial charge in [0.2, 0.25) is 0 Å². The minimum absolute atomic E-state index is 0.251. The lowest BCUT2D eigenvalue weighted by Gasteiger charge is -2.32. The van der Waals surface area contributed by atoms with Gasteiger partial charge in [-0.15, -0.1) is 0 Å². The molecule has 0 spiro atoms. The summed E-state index contributed by atoms with van der Waals surface area (Å²) in [6, 6.07) is 17.0. The van der Waals surface area contributed by atoms with Gasteiger partial charge in [0.25, 0.3) is 0 Å². The molecule has 0 saturated carbocycles. The second kappa shape index (κ2) is 11.8. The Balaban J connectivity index is 1.68. The van der Waals surface area contributed by atoms with Crippen LogP contribution < -0.4 is 9.47 Å². The topological polar surface area (TPSA) is 39.5 Å². The van der Waals surface area contributed by atoms with Gasteiger partial charge in [-0.3, -0.25) is 4.90 Å². The molecule has 0 saturated heterocycles. The predicted octanol–water partition coefficient (Wildman–Crippen LogP) is 7.14. The molecule has 34 heavy (non-hydrogen) atoms. The molecular formula is C28H36ClN3O2. The first kappa shape index (κ1) is 24.6. The summed E-state index contributed by atoms with van der Waals surface area (Å²) in [5.74, 6) is 2.63. The van der Waals surface area contributed by atoms with Crippen molar-refractivity contribution in [2.45, 2.75) is 65.6 Å². The summed E-state index contributed by atoms with van der Waals surface area (Å²) in [6.07, 6.45) is 4.27. The zero-order valence-corrected chi connectivity index (χ0v) is 21.4. The van der Waals surface area contributed by atoms with Gasteiger partial charge in [0, 0.05) is 24.7 Å². The highest BCUT2D eigenvalue weighted by Crippen LogP contribution is 2.36. The van der Waals surface area contributed by atoms with Gasteiger partial charge in [-0.2, -0.15) is 0 Å². The van der Waals surface area contributed by atoms with Crippen LogP contribution in [0.1, 0.15) is 63.8 Å². The van der Waals surface area contributed by atoms with Crippen LogP contribution in [0.25, 0.3) is 11.4 Å². The molecule has 0 aliphatic carbocycles. The zero-order chi connectivity index (χ0) is 23.9. The highest BCUT2D eigenvalue weighted by molar-refractivity contribution is 6.30. The van der Waals surface area contributed by atoms with E-state index in [0.717, 1.165) is 73.9 Å². The number of imidazole rings is 1. The van der Waals surface area contributed by atoms with E-state index < -0.39 is 0 Å². The highest BCUT2D eigenvalue weighted by atomic mass is 35.5. The number of hydrogen-bond donors (Lipinski definition) is 0. The fraction of sp³-hybridized carbons (Fsp3) is 0.464. The summed E-state index contributed by atoms with van der Waals surface area (Å²) in [5, 5.41) is 0.605. The molecule has 4 rings (SSSR count). The lowest BCUT2D eigenvalue weighted by atomic mass is 10.0. The van der Waals surface area contributed by atoms with Crippen molar-refractivity contribution in [1.82, 2.24) is 14.5 Å². The number of aromatic nitrogens is 2. The second-order valence-corrected chi connectivity index (χ2v) is 9.20. The van der Waals surface area contributed by atoms with Gasteiger partial charge in [-0.1, -0.05) is 75.2 Å². The van der Waals surface area contributed by atoms with Gasteiger partial charge in [0.1, 0.15) is 19.0 Å². The third kappa shape index (κ3) is 5.42. The Hall–Kier alpha value is -2.50. The molecule has 1 unspecified atom stereocenters. The van der Waals surface area contributed by atoms with E-state index in [1.54, 1.807) is 0 Å². The fourth-order valence-corrected chi connectivity index (χ4v) is 5.01. The Morgan fingerprint density at radius 1 is 1.00 bits per heavy atom. The summed E-state index contributed by atoms with van der Waals surface area (Å²) < 4.78 is 13.9. The van der Waals surface area contributed by atoms with Gasteiger partial charge >= 0.3 is 0 Å². The fourth-order valence-electron chi connectivity index (χ4n) is 4.77. The standard InChI is InChI=1S/C28H36ClN3O2/c1-4-7-16-32-24(27(29)30-28(32)21-11-9-8-10-12-21)20-31(15-5-2)23(6-3)22-13-14-25-26(19-22)34-18-17-33-25/h8-14,19,23H,4-7,15-18,20H2,1-3H3. The number of ether oxygens (including phenoxy) is 2. The average Bonchev–Trinajstić information content (AvgIpc) is 3.18. The molecule has 1 aromatic heterocycles. The third-order valence-corrected chi connectivity index (χ3v) is 6.74. The quantitative estimate of drug-likeness (QED) is 0.292. The van der Waals surface area contributed by atoms with Gasteiger partial charge in [-0.05, 0) is 43.5 Å². The van der Waals surface area contributed by atoms with Gasteiger partial charge in [0.15, 0.2) is 16.7 Å². The lowest BCUT2D eigenvalue weighted by Crippen LogP contribution is -2.30. The number of rotatable bonds is 11. The molecule has 6 heteroatoms. The van der Waals surface area contributed by atoms with E-state index in [1.165, 1.54) is 5.56 Å². The van der Waals surface area contributed by atoms with Crippen LogP contribution in [0.15, 0.2) is 48.5 Å². The zero-order valence-electron chi connectivity index (χ0n) is 20.6. The van der Waals surface area contributed by atoms with Gasteiger partial charge in [-0.25, -0.2) is 4.98 Å². The van der Waals surface area contributed by atoms with E-state index in [-0.39, 0.29) is 6.04 Å². The number of nitrogens with zero attached hydrogens (tertiary/aromatic N) is 3. The normalized spacial score (nSPS) is 13.9. The van der Waals surface area contributed by atoms with Crippen LogP contribution in [0.5, 0.6) is 11.5 Å². The van der Waals surface area contributed by atoms with Crippen LogP contribution in [-0.2, 0) is 13.1 Å². The van der Waals surface area contributed by atoms with E-state index in [2.05, 4.69) is 66.6 Å².